The molecular formula is C28H42N6O3. The van der Waals surface area contributed by atoms with Gasteiger partial charge in [-0.25, -0.2) is 4.98 Å². The fraction of sp³-hybridized carbons (Fsp3) is 0.571. The molecule has 2 amide bonds. The number of carbonyl (C=O) groups excluding carboxylic acids is 2. The fourth-order valence-corrected chi connectivity index (χ4v) is 4.55. The number of benzene rings is 1. The number of hydrogen-bond acceptors (Lipinski definition) is 7. The van der Waals surface area contributed by atoms with E-state index in [-0.39, 0.29) is 29.3 Å². The number of aromatic nitrogens is 2. The summed E-state index contributed by atoms with van der Waals surface area (Å²) < 4.78 is 5.59. The maximum Gasteiger partial charge on any atom is 0.251 e. The first-order valence-electron chi connectivity index (χ1n) is 13.3. The van der Waals surface area contributed by atoms with Gasteiger partial charge in [0.1, 0.15) is 17.5 Å². The summed E-state index contributed by atoms with van der Waals surface area (Å²) in [5.41, 5.74) is 1.89. The van der Waals surface area contributed by atoms with Crippen LogP contribution in [0.25, 0.3) is 0 Å². The summed E-state index contributed by atoms with van der Waals surface area (Å²) in [7, 11) is 3.34. The fourth-order valence-electron chi connectivity index (χ4n) is 4.55. The zero-order valence-corrected chi connectivity index (χ0v) is 23.5. The van der Waals surface area contributed by atoms with E-state index in [4.69, 9.17) is 9.72 Å². The Hall–Kier alpha value is -3.36. The average Bonchev–Trinajstić information content (AvgIpc) is 2.91. The van der Waals surface area contributed by atoms with Crippen LogP contribution in [-0.2, 0) is 4.79 Å². The van der Waals surface area contributed by atoms with Gasteiger partial charge in [-0.2, -0.15) is 4.98 Å². The lowest BCUT2D eigenvalue weighted by molar-refractivity contribution is -0.120. The Kier molecular flexibility index (Phi) is 8.99. The zero-order chi connectivity index (χ0) is 27.3. The molecule has 0 aliphatic carbocycles. The molecule has 1 atom stereocenters. The average molecular weight is 511 g/mol. The Balaban J connectivity index is 1.91. The lowest BCUT2D eigenvalue weighted by atomic mass is 9.90. The smallest absolute Gasteiger partial charge is 0.251 e. The van der Waals surface area contributed by atoms with Gasteiger partial charge < -0.3 is 25.2 Å². The zero-order valence-electron chi connectivity index (χ0n) is 23.5. The highest BCUT2D eigenvalue weighted by Crippen LogP contribution is 2.38. The third-order valence-electron chi connectivity index (χ3n) is 7.42. The molecule has 1 aliphatic rings. The van der Waals surface area contributed by atoms with Crippen LogP contribution in [0, 0.1) is 5.41 Å². The van der Waals surface area contributed by atoms with Crippen LogP contribution in [0.1, 0.15) is 77.6 Å². The number of likely N-dealkylation sites (N-methyl/N-ethyl adjacent to an activating group) is 1. The summed E-state index contributed by atoms with van der Waals surface area (Å²) in [6.07, 6.45) is 5.16. The lowest BCUT2D eigenvalue weighted by Gasteiger charge is -2.44. The van der Waals surface area contributed by atoms with Crippen molar-refractivity contribution in [2.24, 2.45) is 5.41 Å². The second-order valence-electron chi connectivity index (χ2n) is 10.3. The van der Waals surface area contributed by atoms with Crippen molar-refractivity contribution >= 4 is 35.0 Å². The van der Waals surface area contributed by atoms with Crippen LogP contribution < -0.4 is 25.2 Å². The molecule has 2 aromatic rings. The molecule has 1 unspecified atom stereocenters. The molecule has 2 heterocycles. The molecule has 0 saturated heterocycles. The third kappa shape index (κ3) is 5.97. The number of fused-ring (bicyclic) bond motifs is 1. The van der Waals surface area contributed by atoms with Gasteiger partial charge in [0.05, 0.1) is 19.0 Å². The quantitative estimate of drug-likeness (QED) is 0.431. The van der Waals surface area contributed by atoms with Crippen LogP contribution in [0.15, 0.2) is 24.4 Å². The first-order chi connectivity index (χ1) is 17.6. The molecule has 9 heteroatoms. The predicted octanol–water partition coefficient (Wildman–Crippen LogP) is 5.14. The SMILES string of the molecule is CCC(CC)N1c2nc(Nc3ccc(C(=O)NCC(C)(C)CC)cc3OC)ncc2N(C)C(=O)C1CC. The van der Waals surface area contributed by atoms with Gasteiger partial charge in [-0.3, -0.25) is 9.59 Å². The number of nitrogens with one attached hydrogen (secondary N) is 2. The van der Waals surface area contributed by atoms with Crippen LogP contribution in [-0.4, -0.2) is 54.6 Å². The van der Waals surface area contributed by atoms with Crippen molar-refractivity contribution < 1.29 is 14.3 Å². The Morgan fingerprint density at radius 3 is 2.49 bits per heavy atom. The van der Waals surface area contributed by atoms with Crippen LogP contribution in [0.4, 0.5) is 23.1 Å². The van der Waals surface area contributed by atoms with E-state index in [1.54, 1.807) is 43.5 Å². The van der Waals surface area contributed by atoms with Crippen molar-refractivity contribution in [3.63, 3.8) is 0 Å². The predicted molar refractivity (Wildman–Crippen MR) is 149 cm³/mol. The lowest BCUT2D eigenvalue weighted by Crippen LogP contribution is -2.56. The molecular weight excluding hydrogens is 468 g/mol. The normalized spacial score (nSPS) is 15.6. The summed E-state index contributed by atoms with van der Waals surface area (Å²) in [6.45, 7) is 13.3. The number of nitrogens with zero attached hydrogens (tertiary/aromatic N) is 4. The van der Waals surface area contributed by atoms with E-state index >= 15 is 0 Å². The van der Waals surface area contributed by atoms with Gasteiger partial charge in [-0.1, -0.05) is 41.5 Å². The second kappa shape index (κ2) is 11.8. The summed E-state index contributed by atoms with van der Waals surface area (Å²) in [5.74, 6) is 1.57. The van der Waals surface area contributed by atoms with Gasteiger partial charge in [0.25, 0.3) is 5.91 Å². The minimum atomic E-state index is -0.268. The molecule has 2 N–H and O–H groups in total. The van der Waals surface area contributed by atoms with Gasteiger partial charge in [-0.05, 0) is 49.3 Å². The maximum atomic E-state index is 13.1. The first-order valence-corrected chi connectivity index (χ1v) is 13.3. The maximum absolute atomic E-state index is 13.1. The summed E-state index contributed by atoms with van der Waals surface area (Å²) >= 11 is 0. The topological polar surface area (TPSA) is 99.7 Å². The standard InChI is InChI=1S/C28H42N6O3/c1-9-19(10-2)34-21(11-3)26(36)33(7)22-16-29-27(32-24(22)34)31-20-14-13-18(15-23(20)37-8)25(35)30-17-28(5,6)12-4/h13-16,19,21H,9-12,17H2,1-8H3,(H,30,35)(H,29,31,32). The van der Waals surface area contributed by atoms with E-state index in [0.29, 0.717) is 41.6 Å². The Bertz CT molecular complexity index is 1120. The number of methoxy groups -OCH3 is 1. The van der Waals surface area contributed by atoms with Crippen molar-refractivity contribution in [2.45, 2.75) is 79.3 Å². The molecule has 1 aliphatic heterocycles. The molecule has 0 bridgehead atoms. The molecule has 0 saturated carbocycles. The Morgan fingerprint density at radius 1 is 1.19 bits per heavy atom. The third-order valence-corrected chi connectivity index (χ3v) is 7.42. The highest BCUT2D eigenvalue weighted by atomic mass is 16.5. The molecule has 1 aromatic heterocycles. The highest BCUT2D eigenvalue weighted by molar-refractivity contribution is 6.04. The van der Waals surface area contributed by atoms with Crippen molar-refractivity contribution in [3.8, 4) is 5.75 Å². The van der Waals surface area contributed by atoms with Gasteiger partial charge in [0.2, 0.25) is 11.9 Å². The number of rotatable bonds is 11. The second-order valence-corrected chi connectivity index (χ2v) is 10.3. The van der Waals surface area contributed by atoms with E-state index in [9.17, 15) is 9.59 Å². The van der Waals surface area contributed by atoms with Crippen LogP contribution >= 0.6 is 0 Å². The van der Waals surface area contributed by atoms with Gasteiger partial charge >= 0.3 is 0 Å². The Labute approximate surface area is 221 Å². The van der Waals surface area contributed by atoms with E-state index in [2.05, 4.69) is 55.1 Å². The number of hydrogen-bond donors (Lipinski definition) is 2. The van der Waals surface area contributed by atoms with E-state index in [1.807, 2.05) is 6.92 Å². The molecule has 0 radical (unpaired) electrons. The van der Waals surface area contributed by atoms with Crippen LogP contribution in [0.5, 0.6) is 5.75 Å². The minimum absolute atomic E-state index is 0.0307. The minimum Gasteiger partial charge on any atom is -0.495 e. The molecule has 0 spiro atoms. The molecule has 37 heavy (non-hydrogen) atoms. The van der Waals surface area contributed by atoms with Crippen molar-refractivity contribution in [3.05, 3.63) is 30.0 Å². The molecule has 202 valence electrons. The monoisotopic (exact) mass is 510 g/mol. The van der Waals surface area contributed by atoms with E-state index in [0.717, 1.165) is 25.1 Å². The molecule has 9 nitrogen and oxygen atoms in total. The molecule has 0 fully saturated rings. The van der Waals surface area contributed by atoms with Gasteiger partial charge in [0, 0.05) is 25.2 Å². The van der Waals surface area contributed by atoms with Crippen molar-refractivity contribution in [1.29, 1.82) is 0 Å². The van der Waals surface area contributed by atoms with Gasteiger partial charge in [0.15, 0.2) is 5.82 Å². The number of anilines is 4. The van der Waals surface area contributed by atoms with E-state index in [1.165, 1.54) is 0 Å². The Morgan fingerprint density at radius 2 is 1.89 bits per heavy atom. The summed E-state index contributed by atoms with van der Waals surface area (Å²) in [6, 6.07) is 5.19. The number of amides is 2. The first kappa shape index (κ1) is 28.2. The number of ether oxygens (including phenoxy) is 1. The van der Waals surface area contributed by atoms with Crippen LogP contribution in [0.2, 0.25) is 0 Å². The molecule has 3 rings (SSSR count). The number of carbonyl (C=O) groups is 2. The van der Waals surface area contributed by atoms with Crippen molar-refractivity contribution in [1.82, 2.24) is 15.3 Å². The largest absolute Gasteiger partial charge is 0.495 e. The highest BCUT2D eigenvalue weighted by Gasteiger charge is 2.39. The van der Waals surface area contributed by atoms with Crippen molar-refractivity contribution in [2.75, 3.05) is 35.8 Å². The van der Waals surface area contributed by atoms with Crippen LogP contribution in [0.3, 0.4) is 0 Å². The summed E-state index contributed by atoms with van der Waals surface area (Å²) in [5, 5.41) is 6.26. The van der Waals surface area contributed by atoms with Gasteiger partial charge in [-0.15, -0.1) is 0 Å². The summed E-state index contributed by atoms with van der Waals surface area (Å²) in [4.78, 5) is 39.0. The molecule has 1 aromatic carbocycles. The van der Waals surface area contributed by atoms with E-state index < -0.39 is 0 Å².